The molecular formula is C11H14BNO2. The molecular weight excluding hydrogens is 189 g/mol. The molecule has 1 aromatic carbocycles. The maximum Gasteiger partial charge on any atom is 0.436 e. The molecule has 0 N–H and O–H groups in total. The first-order valence-corrected chi connectivity index (χ1v) is 5.05. The zero-order valence-corrected chi connectivity index (χ0v) is 9.06. The Bertz CT molecular complexity index is 362. The van der Waals surface area contributed by atoms with Crippen molar-refractivity contribution >= 4 is 13.3 Å². The third-order valence-corrected chi connectivity index (χ3v) is 2.12. The fraction of sp³-hybridized carbons (Fsp3) is 0.364. The lowest BCUT2D eigenvalue weighted by Gasteiger charge is -2.08. The number of rotatable bonds is 3. The van der Waals surface area contributed by atoms with E-state index in [9.17, 15) is 0 Å². The van der Waals surface area contributed by atoms with Crippen LogP contribution in [-0.4, -0.2) is 25.4 Å². The smallest absolute Gasteiger partial charge is 0.436 e. The van der Waals surface area contributed by atoms with Crippen molar-refractivity contribution in [3.8, 4) is 5.75 Å². The maximum absolute atomic E-state index is 5.53. The molecule has 0 bridgehead atoms. The number of benzene rings is 1. The van der Waals surface area contributed by atoms with Crippen molar-refractivity contribution in [1.82, 2.24) is 0 Å². The van der Waals surface area contributed by atoms with Crippen LogP contribution in [0.2, 0.25) is 0 Å². The summed E-state index contributed by atoms with van der Waals surface area (Å²) in [5, 5.41) is 0. The van der Waals surface area contributed by atoms with Gasteiger partial charge in [0.2, 0.25) is 0 Å². The zero-order valence-electron chi connectivity index (χ0n) is 9.06. The van der Waals surface area contributed by atoms with E-state index in [0.717, 1.165) is 5.75 Å². The molecule has 1 aromatic rings. The van der Waals surface area contributed by atoms with Crippen molar-refractivity contribution in [3.05, 3.63) is 30.3 Å². The molecule has 0 unspecified atom stereocenters. The lowest BCUT2D eigenvalue weighted by atomic mass is 10.0. The molecule has 0 saturated heterocycles. The van der Waals surface area contributed by atoms with Gasteiger partial charge in [-0.3, -0.25) is 4.99 Å². The predicted octanol–water partition coefficient (Wildman–Crippen LogP) is 1.58. The van der Waals surface area contributed by atoms with Crippen molar-refractivity contribution in [1.29, 1.82) is 0 Å². The summed E-state index contributed by atoms with van der Waals surface area (Å²) in [7, 11) is 0.410. The van der Waals surface area contributed by atoms with Gasteiger partial charge in [-0.15, -0.1) is 0 Å². The van der Waals surface area contributed by atoms with Gasteiger partial charge in [-0.05, 0) is 26.0 Å². The second-order valence-corrected chi connectivity index (χ2v) is 4.21. The standard InChI is InChI=1S/C11H14BNO2/c1-11(2)8-14-10(13-11)12-15-9-6-4-3-5-7-9/h3-7,12H,8H2,1-2H3. The Morgan fingerprint density at radius 2 is 2.07 bits per heavy atom. The van der Waals surface area contributed by atoms with Crippen molar-refractivity contribution in [2.24, 2.45) is 4.99 Å². The topological polar surface area (TPSA) is 30.8 Å². The molecule has 1 aliphatic heterocycles. The van der Waals surface area contributed by atoms with E-state index in [0.29, 0.717) is 19.9 Å². The number of ether oxygens (including phenoxy) is 1. The Balaban J connectivity index is 1.90. The molecule has 3 nitrogen and oxygen atoms in total. The van der Waals surface area contributed by atoms with Gasteiger partial charge in [-0.25, -0.2) is 0 Å². The average molecular weight is 203 g/mol. The predicted molar refractivity (Wildman–Crippen MR) is 61.7 cm³/mol. The number of aliphatic imine (C=N–C) groups is 1. The number of nitrogens with zero attached hydrogens (tertiary/aromatic N) is 1. The molecule has 15 heavy (non-hydrogen) atoms. The van der Waals surface area contributed by atoms with E-state index in [1.54, 1.807) is 0 Å². The SMILES string of the molecule is CC1(C)COC(BOc2ccccc2)=N1. The van der Waals surface area contributed by atoms with Crippen LogP contribution in [0.3, 0.4) is 0 Å². The summed E-state index contributed by atoms with van der Waals surface area (Å²) in [6.45, 7) is 4.73. The highest BCUT2D eigenvalue weighted by Crippen LogP contribution is 2.17. The van der Waals surface area contributed by atoms with Gasteiger partial charge >= 0.3 is 7.48 Å². The Hall–Kier alpha value is -1.45. The molecule has 0 aromatic heterocycles. The summed E-state index contributed by atoms with van der Waals surface area (Å²) >= 11 is 0. The van der Waals surface area contributed by atoms with Crippen LogP contribution in [0, 0.1) is 0 Å². The zero-order chi connectivity index (χ0) is 10.7. The van der Waals surface area contributed by atoms with Crippen LogP contribution in [0.5, 0.6) is 5.75 Å². The minimum atomic E-state index is -0.102. The fourth-order valence-corrected chi connectivity index (χ4v) is 1.40. The number of hydrogen-bond acceptors (Lipinski definition) is 3. The van der Waals surface area contributed by atoms with Crippen molar-refractivity contribution < 1.29 is 9.39 Å². The summed E-state index contributed by atoms with van der Waals surface area (Å²) in [5.74, 6) is 1.53. The molecule has 0 amide bonds. The largest absolute Gasteiger partial charge is 0.554 e. The van der Waals surface area contributed by atoms with Crippen LogP contribution in [0.15, 0.2) is 35.3 Å². The second-order valence-electron chi connectivity index (χ2n) is 4.21. The van der Waals surface area contributed by atoms with E-state index < -0.39 is 0 Å². The third kappa shape index (κ3) is 2.75. The van der Waals surface area contributed by atoms with E-state index in [1.165, 1.54) is 0 Å². The van der Waals surface area contributed by atoms with Crippen LogP contribution in [0.25, 0.3) is 0 Å². The van der Waals surface area contributed by atoms with Gasteiger partial charge < -0.3 is 9.39 Å². The van der Waals surface area contributed by atoms with E-state index in [4.69, 9.17) is 9.39 Å². The second kappa shape index (κ2) is 3.97. The molecule has 0 aliphatic carbocycles. The van der Waals surface area contributed by atoms with Crippen LogP contribution >= 0.6 is 0 Å². The van der Waals surface area contributed by atoms with Gasteiger partial charge in [0.1, 0.15) is 6.61 Å². The highest BCUT2D eigenvalue weighted by Gasteiger charge is 2.27. The van der Waals surface area contributed by atoms with Gasteiger partial charge in [0, 0.05) is 0 Å². The van der Waals surface area contributed by atoms with Gasteiger partial charge in [0.15, 0.2) is 5.80 Å². The van der Waals surface area contributed by atoms with Crippen molar-refractivity contribution in [3.63, 3.8) is 0 Å². The molecule has 2 rings (SSSR count). The lowest BCUT2D eigenvalue weighted by molar-refractivity contribution is 0.281. The van der Waals surface area contributed by atoms with Crippen LogP contribution in [0.1, 0.15) is 13.8 Å². The van der Waals surface area contributed by atoms with Gasteiger partial charge in [0.05, 0.1) is 11.3 Å². The Morgan fingerprint density at radius 3 is 2.67 bits per heavy atom. The average Bonchev–Trinajstić information content (AvgIpc) is 2.57. The number of hydrogen-bond donors (Lipinski definition) is 0. The summed E-state index contributed by atoms with van der Waals surface area (Å²) < 4.78 is 10.9. The van der Waals surface area contributed by atoms with Crippen molar-refractivity contribution in [2.45, 2.75) is 19.4 Å². The molecule has 0 atom stereocenters. The minimum Gasteiger partial charge on any atom is -0.554 e. The first-order valence-electron chi connectivity index (χ1n) is 5.05. The lowest BCUT2D eigenvalue weighted by Crippen LogP contribution is -2.17. The van der Waals surface area contributed by atoms with E-state index in [2.05, 4.69) is 4.99 Å². The molecule has 0 spiro atoms. The summed E-state index contributed by atoms with van der Waals surface area (Å²) in [4.78, 5) is 4.40. The Kier molecular flexibility index (Phi) is 2.67. The van der Waals surface area contributed by atoms with E-state index >= 15 is 0 Å². The molecule has 0 saturated carbocycles. The Morgan fingerprint density at radius 1 is 1.33 bits per heavy atom. The molecule has 1 aliphatic rings. The Labute approximate surface area is 90.4 Å². The van der Waals surface area contributed by atoms with E-state index in [-0.39, 0.29) is 5.54 Å². The summed E-state index contributed by atoms with van der Waals surface area (Å²) in [6, 6.07) is 9.67. The van der Waals surface area contributed by atoms with Crippen LogP contribution in [-0.2, 0) is 4.74 Å². The highest BCUT2D eigenvalue weighted by atomic mass is 16.5. The van der Waals surface area contributed by atoms with Gasteiger partial charge in [-0.2, -0.15) is 0 Å². The monoisotopic (exact) mass is 203 g/mol. The molecule has 78 valence electrons. The quantitative estimate of drug-likeness (QED) is 0.698. The molecule has 0 fully saturated rings. The first kappa shape index (κ1) is 10.1. The minimum absolute atomic E-state index is 0.102. The van der Waals surface area contributed by atoms with Crippen LogP contribution in [0.4, 0.5) is 0 Å². The summed E-state index contributed by atoms with van der Waals surface area (Å²) in [5.41, 5.74) is -0.102. The summed E-state index contributed by atoms with van der Waals surface area (Å²) in [6.07, 6.45) is 0. The van der Waals surface area contributed by atoms with E-state index in [1.807, 2.05) is 44.2 Å². The molecule has 4 heteroatoms. The van der Waals surface area contributed by atoms with Crippen molar-refractivity contribution in [2.75, 3.05) is 6.61 Å². The maximum atomic E-state index is 5.53. The van der Waals surface area contributed by atoms with Crippen LogP contribution < -0.4 is 4.65 Å². The number of para-hydroxylation sites is 1. The first-order chi connectivity index (χ1) is 7.16. The molecule has 0 radical (unpaired) electrons. The highest BCUT2D eigenvalue weighted by molar-refractivity contribution is 6.69. The third-order valence-electron chi connectivity index (χ3n) is 2.12. The molecule has 1 heterocycles. The van der Waals surface area contributed by atoms with Gasteiger partial charge in [-0.1, -0.05) is 18.2 Å². The normalized spacial score (nSPS) is 17.9. The van der Waals surface area contributed by atoms with Gasteiger partial charge in [0.25, 0.3) is 0 Å². The fourth-order valence-electron chi connectivity index (χ4n) is 1.40.